The first-order valence-corrected chi connectivity index (χ1v) is 12.8. The summed E-state index contributed by atoms with van der Waals surface area (Å²) in [6.07, 6.45) is -1.17. The summed E-state index contributed by atoms with van der Waals surface area (Å²) >= 11 is 0. The minimum Gasteiger partial charge on any atom is -0.507 e. The molecule has 41 heavy (non-hydrogen) atoms. The molecule has 0 bridgehead atoms. The molecule has 0 radical (unpaired) electrons. The summed E-state index contributed by atoms with van der Waals surface area (Å²) in [5.41, 5.74) is 4.43. The number of carbonyl (C=O) groups excluding carboxylic acids is 3. The molecule has 1 aromatic carbocycles. The van der Waals surface area contributed by atoms with Crippen molar-refractivity contribution in [2.75, 3.05) is 26.2 Å². The Morgan fingerprint density at radius 2 is 1.61 bits per heavy atom. The summed E-state index contributed by atoms with van der Waals surface area (Å²) in [6.45, 7) is 8.92. The SMILES string of the molecule is CC(=O)c1c(O)c(C)c(O)c2c1OC1=CC(=O)/C(=C(/C)NCCCCNCCCN)C(=O)[C@@]12C.O=C(O)C(F)(F)F. The Morgan fingerprint density at radius 1 is 1.05 bits per heavy atom. The highest BCUT2D eigenvalue weighted by Crippen LogP contribution is 2.57. The molecule has 7 N–H and O–H groups in total. The van der Waals surface area contributed by atoms with Crippen molar-refractivity contribution >= 4 is 23.3 Å². The fourth-order valence-electron chi connectivity index (χ4n) is 4.45. The van der Waals surface area contributed by atoms with Gasteiger partial charge >= 0.3 is 12.1 Å². The zero-order valence-electron chi connectivity index (χ0n) is 23.1. The van der Waals surface area contributed by atoms with Crippen molar-refractivity contribution in [2.45, 2.75) is 58.5 Å². The number of hydrogen-bond acceptors (Lipinski definition) is 10. The molecule has 0 saturated heterocycles. The van der Waals surface area contributed by atoms with Gasteiger partial charge in [-0.15, -0.1) is 0 Å². The van der Waals surface area contributed by atoms with E-state index in [0.29, 0.717) is 18.8 Å². The quantitative estimate of drug-likeness (QED) is 0.102. The van der Waals surface area contributed by atoms with Crippen molar-refractivity contribution in [3.63, 3.8) is 0 Å². The maximum absolute atomic E-state index is 13.7. The zero-order valence-corrected chi connectivity index (χ0v) is 23.1. The zero-order chi connectivity index (χ0) is 31.3. The van der Waals surface area contributed by atoms with E-state index in [-0.39, 0.29) is 39.5 Å². The van der Waals surface area contributed by atoms with E-state index < -0.39 is 40.7 Å². The lowest BCUT2D eigenvalue weighted by atomic mass is 9.70. The molecule has 0 spiro atoms. The number of halogens is 3. The third-order valence-electron chi connectivity index (χ3n) is 6.73. The second-order valence-electron chi connectivity index (χ2n) is 9.72. The second-order valence-corrected chi connectivity index (χ2v) is 9.72. The molecule has 3 rings (SSSR count). The number of unbranched alkanes of at least 4 members (excludes halogenated alkanes) is 1. The smallest absolute Gasteiger partial charge is 0.490 e. The third-order valence-corrected chi connectivity index (χ3v) is 6.73. The highest BCUT2D eigenvalue weighted by atomic mass is 19.4. The summed E-state index contributed by atoms with van der Waals surface area (Å²) in [6, 6.07) is 0. The minimum absolute atomic E-state index is 0.0155. The first kappa shape index (κ1) is 33.3. The molecule has 0 saturated carbocycles. The number of carbonyl (C=O) groups is 4. The van der Waals surface area contributed by atoms with Crippen molar-refractivity contribution in [2.24, 2.45) is 5.73 Å². The van der Waals surface area contributed by atoms with Crippen LogP contribution in [0.4, 0.5) is 13.2 Å². The predicted molar refractivity (Wildman–Crippen MR) is 141 cm³/mol. The highest BCUT2D eigenvalue weighted by molar-refractivity contribution is 6.31. The number of nitrogens with one attached hydrogen (secondary N) is 2. The van der Waals surface area contributed by atoms with Crippen LogP contribution in [0.3, 0.4) is 0 Å². The van der Waals surface area contributed by atoms with Gasteiger partial charge in [0.25, 0.3) is 0 Å². The average Bonchev–Trinajstić information content (AvgIpc) is 3.16. The summed E-state index contributed by atoms with van der Waals surface area (Å²) < 4.78 is 37.5. The maximum Gasteiger partial charge on any atom is 0.490 e. The molecule has 1 atom stereocenters. The number of ether oxygens (including phenoxy) is 1. The normalized spacial score (nSPS) is 18.9. The second kappa shape index (κ2) is 13.2. The highest BCUT2D eigenvalue weighted by Gasteiger charge is 2.56. The monoisotopic (exact) mass is 585 g/mol. The van der Waals surface area contributed by atoms with E-state index in [1.165, 1.54) is 19.9 Å². The van der Waals surface area contributed by atoms with E-state index in [4.69, 9.17) is 20.4 Å². The molecule has 0 aromatic heterocycles. The van der Waals surface area contributed by atoms with Gasteiger partial charge in [-0.25, -0.2) is 4.79 Å². The Balaban J connectivity index is 0.000000745. The number of aromatic hydroxyl groups is 2. The van der Waals surface area contributed by atoms with Gasteiger partial charge in [-0.3, -0.25) is 14.4 Å². The molecule has 11 nitrogen and oxygen atoms in total. The molecule has 1 aromatic rings. The average molecular weight is 586 g/mol. The van der Waals surface area contributed by atoms with E-state index >= 15 is 0 Å². The van der Waals surface area contributed by atoms with Gasteiger partial charge in [0, 0.05) is 23.9 Å². The number of alkyl halides is 3. The number of carboxylic acids is 1. The number of Topliss-reactive ketones (excluding diaryl/α,β-unsaturated/α-hetero) is 2. The number of aliphatic carboxylic acids is 1. The Labute approximate surface area is 234 Å². The van der Waals surface area contributed by atoms with Gasteiger partial charge in [-0.2, -0.15) is 13.2 Å². The molecule has 1 heterocycles. The van der Waals surface area contributed by atoms with Crippen LogP contribution in [0.2, 0.25) is 0 Å². The van der Waals surface area contributed by atoms with Crippen molar-refractivity contribution < 1.29 is 52.4 Å². The van der Waals surface area contributed by atoms with E-state index in [0.717, 1.165) is 32.4 Å². The number of phenolic OH excluding ortho intramolecular Hbond substituents is 2. The molecule has 1 aliphatic carbocycles. The lowest BCUT2D eigenvalue weighted by Crippen LogP contribution is -2.41. The number of hydrogen-bond donors (Lipinski definition) is 6. The summed E-state index contributed by atoms with van der Waals surface area (Å²) in [5, 5.41) is 34.9. The summed E-state index contributed by atoms with van der Waals surface area (Å²) in [5.74, 6) is -5.08. The van der Waals surface area contributed by atoms with E-state index in [1.807, 2.05) is 0 Å². The van der Waals surface area contributed by atoms with Crippen LogP contribution in [0.15, 0.2) is 23.1 Å². The number of allylic oxidation sites excluding steroid dienone is 4. The lowest BCUT2D eigenvalue weighted by Gasteiger charge is -2.29. The number of fused-ring (bicyclic) bond motifs is 3. The molecular formula is C27H34F3N3O8. The van der Waals surface area contributed by atoms with Gasteiger partial charge in [0.15, 0.2) is 17.3 Å². The standard InChI is InChI=1S/C25H33N3O6.C2HF3O2/c1-13-21(31)19(15(3)29)23-20(22(13)32)25(4)17(34-23)12-16(30)18(24(25)33)14(2)28-11-6-5-9-27-10-7-8-26;3-2(4,5)1(6)7/h12,27-28,31-32H,5-11,26H2,1-4H3;(H,6,7)/b18-14+;/t25-;/m0./s1. The maximum atomic E-state index is 13.7. The van der Waals surface area contributed by atoms with Crippen molar-refractivity contribution in [3.05, 3.63) is 39.8 Å². The summed E-state index contributed by atoms with van der Waals surface area (Å²) in [4.78, 5) is 47.7. The number of rotatable bonds is 10. The molecule has 0 unspecified atom stereocenters. The lowest BCUT2D eigenvalue weighted by molar-refractivity contribution is -0.192. The van der Waals surface area contributed by atoms with Gasteiger partial charge in [-0.05, 0) is 66.6 Å². The number of carboxylic acid groups (broad SMARTS) is 1. The van der Waals surface area contributed by atoms with Crippen LogP contribution < -0.4 is 21.1 Å². The van der Waals surface area contributed by atoms with E-state index in [2.05, 4.69) is 10.6 Å². The minimum atomic E-state index is -5.08. The Kier molecular flexibility index (Phi) is 10.7. The van der Waals surface area contributed by atoms with Gasteiger partial charge < -0.3 is 36.4 Å². The fraction of sp³-hybridized carbons (Fsp3) is 0.481. The fourth-order valence-corrected chi connectivity index (χ4v) is 4.45. The topological polar surface area (TPSA) is 188 Å². The summed E-state index contributed by atoms with van der Waals surface area (Å²) in [7, 11) is 0. The number of benzene rings is 1. The molecule has 14 heteroatoms. The Hall–Kier alpha value is -3.91. The van der Waals surface area contributed by atoms with Gasteiger partial charge in [0.05, 0.1) is 11.1 Å². The first-order valence-electron chi connectivity index (χ1n) is 12.8. The van der Waals surface area contributed by atoms with E-state index in [1.54, 1.807) is 13.8 Å². The van der Waals surface area contributed by atoms with Crippen LogP contribution in [0.5, 0.6) is 17.2 Å². The number of nitrogens with two attached hydrogens (primary N) is 1. The Bertz CT molecular complexity index is 1300. The van der Waals surface area contributed by atoms with Crippen LogP contribution in [0.25, 0.3) is 0 Å². The van der Waals surface area contributed by atoms with Crippen LogP contribution in [0.1, 0.15) is 61.5 Å². The molecule has 0 amide bonds. The van der Waals surface area contributed by atoms with Crippen molar-refractivity contribution in [1.29, 1.82) is 0 Å². The van der Waals surface area contributed by atoms with Gasteiger partial charge in [0.2, 0.25) is 0 Å². The number of phenols is 2. The van der Waals surface area contributed by atoms with Crippen LogP contribution in [-0.2, 0) is 19.8 Å². The van der Waals surface area contributed by atoms with Crippen LogP contribution in [-0.4, -0.2) is 71.0 Å². The molecular weight excluding hydrogens is 551 g/mol. The third kappa shape index (κ3) is 6.88. The molecule has 2 aliphatic rings. The molecule has 226 valence electrons. The van der Waals surface area contributed by atoms with Crippen LogP contribution in [0, 0.1) is 6.92 Å². The molecule has 1 aliphatic heterocycles. The van der Waals surface area contributed by atoms with Crippen molar-refractivity contribution in [3.8, 4) is 17.2 Å². The van der Waals surface area contributed by atoms with Gasteiger partial charge in [-0.1, -0.05) is 0 Å². The molecule has 0 fully saturated rings. The largest absolute Gasteiger partial charge is 0.507 e. The number of ketones is 3. The van der Waals surface area contributed by atoms with Gasteiger partial charge in [0.1, 0.15) is 34.0 Å². The van der Waals surface area contributed by atoms with Crippen molar-refractivity contribution in [1.82, 2.24) is 10.6 Å². The van der Waals surface area contributed by atoms with E-state index in [9.17, 15) is 37.8 Å². The first-order chi connectivity index (χ1) is 19.0. The Morgan fingerprint density at radius 3 is 2.15 bits per heavy atom. The van der Waals surface area contributed by atoms with Crippen LogP contribution >= 0.6 is 0 Å². The predicted octanol–water partition coefficient (Wildman–Crippen LogP) is 2.51.